The summed E-state index contributed by atoms with van der Waals surface area (Å²) in [4.78, 5) is 9.72. The van der Waals surface area contributed by atoms with Crippen LogP contribution < -0.4 is 4.74 Å². The average molecular weight is 319 g/mol. The summed E-state index contributed by atoms with van der Waals surface area (Å²) in [6.45, 7) is -0.659. The Morgan fingerprint density at radius 2 is 1.95 bits per heavy atom. The van der Waals surface area contributed by atoms with E-state index in [4.69, 9.17) is 14.6 Å². The molecule has 5 atom stereocenters. The van der Waals surface area contributed by atoms with Crippen LogP contribution in [0, 0.1) is 15.9 Å². The van der Waals surface area contributed by atoms with Crippen molar-refractivity contribution in [1.82, 2.24) is 0 Å². The van der Waals surface area contributed by atoms with Crippen LogP contribution in [0.2, 0.25) is 0 Å². The number of nitro benzene ring substituents is 1. The van der Waals surface area contributed by atoms with E-state index in [1.54, 1.807) is 0 Å². The molecular formula is C12H14FNO8. The summed E-state index contributed by atoms with van der Waals surface area (Å²) in [5.41, 5.74) is -0.487. The van der Waals surface area contributed by atoms with Crippen LogP contribution in [-0.2, 0) is 4.74 Å². The first kappa shape index (κ1) is 16.5. The molecule has 10 heteroatoms. The first-order valence-corrected chi connectivity index (χ1v) is 6.26. The van der Waals surface area contributed by atoms with E-state index in [1.807, 2.05) is 0 Å². The van der Waals surface area contributed by atoms with E-state index in [9.17, 15) is 29.8 Å². The van der Waals surface area contributed by atoms with Gasteiger partial charge in [-0.3, -0.25) is 10.1 Å². The Kier molecular flexibility index (Phi) is 4.88. The molecule has 9 nitrogen and oxygen atoms in total. The van der Waals surface area contributed by atoms with Crippen molar-refractivity contribution in [2.75, 3.05) is 6.61 Å². The second-order valence-corrected chi connectivity index (χ2v) is 4.69. The third kappa shape index (κ3) is 3.15. The van der Waals surface area contributed by atoms with Gasteiger partial charge < -0.3 is 29.9 Å². The minimum absolute atomic E-state index is 0.449. The molecule has 1 aromatic rings. The maximum atomic E-state index is 13.7. The van der Waals surface area contributed by atoms with Gasteiger partial charge >= 0.3 is 0 Å². The number of benzene rings is 1. The summed E-state index contributed by atoms with van der Waals surface area (Å²) in [6, 6.07) is 2.58. The summed E-state index contributed by atoms with van der Waals surface area (Å²) >= 11 is 0. The predicted octanol–water partition coefficient (Wildman–Crippen LogP) is -1.09. The zero-order chi connectivity index (χ0) is 16.4. The van der Waals surface area contributed by atoms with Crippen molar-refractivity contribution in [2.24, 2.45) is 0 Å². The SMILES string of the molecule is O=[N+]([O-])c1ccc(O[C@H]2O[C@H](CO)[C@H](O)[C@H](O)[C@H]2O)c(F)c1. The molecule has 0 bridgehead atoms. The van der Waals surface area contributed by atoms with Gasteiger partial charge in [-0.2, -0.15) is 0 Å². The smallest absolute Gasteiger partial charge is 0.272 e. The van der Waals surface area contributed by atoms with Crippen molar-refractivity contribution in [3.05, 3.63) is 34.1 Å². The van der Waals surface area contributed by atoms with Crippen molar-refractivity contribution in [3.63, 3.8) is 0 Å². The molecule has 0 aliphatic carbocycles. The molecule has 2 rings (SSSR count). The van der Waals surface area contributed by atoms with Crippen LogP contribution in [0.4, 0.5) is 10.1 Å². The molecule has 0 saturated carbocycles. The van der Waals surface area contributed by atoms with Crippen LogP contribution in [0.1, 0.15) is 0 Å². The number of nitrogens with zero attached hydrogens (tertiary/aromatic N) is 1. The molecule has 1 saturated heterocycles. The highest BCUT2D eigenvalue weighted by atomic mass is 19.1. The van der Waals surface area contributed by atoms with E-state index in [1.165, 1.54) is 0 Å². The predicted molar refractivity (Wildman–Crippen MR) is 67.4 cm³/mol. The number of aliphatic hydroxyl groups excluding tert-OH is 4. The molecule has 1 aliphatic heterocycles. The third-order valence-electron chi connectivity index (χ3n) is 3.22. The normalized spacial score (nSPS) is 31.8. The Morgan fingerprint density at radius 1 is 1.27 bits per heavy atom. The van der Waals surface area contributed by atoms with Crippen LogP contribution in [0.3, 0.4) is 0 Å². The Labute approximate surface area is 123 Å². The molecule has 0 radical (unpaired) electrons. The van der Waals surface area contributed by atoms with E-state index < -0.39 is 59.5 Å². The van der Waals surface area contributed by atoms with E-state index in [-0.39, 0.29) is 0 Å². The van der Waals surface area contributed by atoms with Crippen molar-refractivity contribution in [3.8, 4) is 5.75 Å². The summed E-state index contributed by atoms with van der Waals surface area (Å²) in [6.07, 6.45) is -7.71. The van der Waals surface area contributed by atoms with Gasteiger partial charge in [-0.1, -0.05) is 0 Å². The van der Waals surface area contributed by atoms with E-state index in [0.29, 0.717) is 6.07 Å². The van der Waals surface area contributed by atoms with Crippen molar-refractivity contribution in [1.29, 1.82) is 0 Å². The lowest BCUT2D eigenvalue weighted by atomic mass is 9.99. The minimum Gasteiger partial charge on any atom is -0.459 e. The Bertz CT molecular complexity index is 554. The Balaban J connectivity index is 2.17. The molecule has 122 valence electrons. The van der Waals surface area contributed by atoms with Crippen LogP contribution in [0.25, 0.3) is 0 Å². The highest BCUT2D eigenvalue weighted by Crippen LogP contribution is 2.27. The largest absolute Gasteiger partial charge is 0.459 e. The van der Waals surface area contributed by atoms with Crippen LogP contribution in [-0.4, -0.2) is 62.7 Å². The molecule has 0 amide bonds. The molecule has 0 unspecified atom stereocenters. The quantitative estimate of drug-likeness (QED) is 0.405. The number of hydrogen-bond donors (Lipinski definition) is 4. The van der Waals surface area contributed by atoms with Crippen LogP contribution >= 0.6 is 0 Å². The molecule has 1 fully saturated rings. The number of nitro groups is 1. The van der Waals surface area contributed by atoms with Gasteiger partial charge in [-0.05, 0) is 6.07 Å². The highest BCUT2D eigenvalue weighted by molar-refractivity contribution is 5.37. The number of rotatable bonds is 4. The molecule has 1 heterocycles. The number of ether oxygens (including phenoxy) is 2. The van der Waals surface area contributed by atoms with Gasteiger partial charge in [-0.25, -0.2) is 4.39 Å². The second kappa shape index (κ2) is 6.50. The molecule has 4 N–H and O–H groups in total. The van der Waals surface area contributed by atoms with Gasteiger partial charge in [0.1, 0.15) is 24.4 Å². The van der Waals surface area contributed by atoms with Gasteiger partial charge in [0.05, 0.1) is 17.6 Å². The van der Waals surface area contributed by atoms with E-state index >= 15 is 0 Å². The average Bonchev–Trinajstić information content (AvgIpc) is 2.49. The van der Waals surface area contributed by atoms with Gasteiger partial charge in [0.25, 0.3) is 5.69 Å². The number of non-ortho nitro benzene ring substituents is 1. The molecule has 1 aliphatic rings. The van der Waals surface area contributed by atoms with Gasteiger partial charge in [-0.15, -0.1) is 0 Å². The lowest BCUT2D eigenvalue weighted by molar-refractivity contribution is -0.385. The topological polar surface area (TPSA) is 143 Å². The van der Waals surface area contributed by atoms with Gasteiger partial charge in [0.15, 0.2) is 11.6 Å². The summed E-state index contributed by atoms with van der Waals surface area (Å²) in [7, 11) is 0. The number of hydrogen-bond acceptors (Lipinski definition) is 8. The standard InChI is InChI=1S/C12H14FNO8/c13-6-3-5(14(19)20)1-2-7(6)21-12-11(18)10(17)9(16)8(4-15)22-12/h1-3,8-12,15-18H,4H2/t8-,9+,10+,11-,12+/m1/s1. The summed E-state index contributed by atoms with van der Waals surface area (Å²) in [5, 5.41) is 48.4. The second-order valence-electron chi connectivity index (χ2n) is 4.69. The lowest BCUT2D eigenvalue weighted by Crippen LogP contribution is -2.60. The molecular weight excluding hydrogens is 305 g/mol. The summed E-state index contributed by atoms with van der Waals surface area (Å²) in [5.74, 6) is -1.51. The van der Waals surface area contributed by atoms with Crippen LogP contribution in [0.15, 0.2) is 18.2 Å². The fraction of sp³-hybridized carbons (Fsp3) is 0.500. The van der Waals surface area contributed by atoms with Crippen molar-refractivity contribution in [2.45, 2.75) is 30.7 Å². The first-order valence-electron chi connectivity index (χ1n) is 6.26. The highest BCUT2D eigenvalue weighted by Gasteiger charge is 2.44. The van der Waals surface area contributed by atoms with Crippen molar-refractivity contribution >= 4 is 5.69 Å². The fourth-order valence-corrected chi connectivity index (χ4v) is 1.99. The Morgan fingerprint density at radius 3 is 2.50 bits per heavy atom. The summed E-state index contributed by atoms with van der Waals surface area (Å²) < 4.78 is 23.8. The van der Waals surface area contributed by atoms with E-state index in [2.05, 4.69) is 0 Å². The third-order valence-corrected chi connectivity index (χ3v) is 3.22. The maximum absolute atomic E-state index is 13.7. The zero-order valence-electron chi connectivity index (χ0n) is 11.1. The lowest BCUT2D eigenvalue weighted by Gasteiger charge is -2.39. The fourth-order valence-electron chi connectivity index (χ4n) is 1.99. The van der Waals surface area contributed by atoms with Crippen molar-refractivity contribution < 1.29 is 39.2 Å². The van der Waals surface area contributed by atoms with E-state index in [0.717, 1.165) is 12.1 Å². The number of halogens is 1. The Hall–Kier alpha value is -1.85. The minimum atomic E-state index is -1.70. The molecule has 1 aromatic carbocycles. The monoisotopic (exact) mass is 319 g/mol. The van der Waals surface area contributed by atoms with Crippen LogP contribution in [0.5, 0.6) is 5.75 Å². The van der Waals surface area contributed by atoms with Gasteiger partial charge in [0, 0.05) is 6.07 Å². The first-order chi connectivity index (χ1) is 10.3. The zero-order valence-corrected chi connectivity index (χ0v) is 11.1. The molecule has 0 aromatic heterocycles. The maximum Gasteiger partial charge on any atom is 0.272 e. The molecule has 22 heavy (non-hydrogen) atoms. The number of aliphatic hydroxyl groups is 4. The van der Waals surface area contributed by atoms with Gasteiger partial charge in [0.2, 0.25) is 6.29 Å². The molecule has 0 spiro atoms.